The smallest absolute Gasteiger partial charge is 0.251 e. The molecule has 1 aliphatic rings. The summed E-state index contributed by atoms with van der Waals surface area (Å²) in [6.07, 6.45) is 5.29. The Morgan fingerprint density at radius 1 is 1.13 bits per heavy atom. The van der Waals surface area contributed by atoms with Gasteiger partial charge in [-0.1, -0.05) is 18.2 Å². The predicted molar refractivity (Wildman–Crippen MR) is 115 cm³/mol. The molecule has 1 aromatic heterocycles. The van der Waals surface area contributed by atoms with Crippen molar-refractivity contribution in [2.45, 2.75) is 38.1 Å². The van der Waals surface area contributed by atoms with Crippen molar-refractivity contribution in [1.82, 2.24) is 15.2 Å². The fourth-order valence-corrected chi connectivity index (χ4v) is 3.83. The third-order valence-electron chi connectivity index (χ3n) is 5.69. The van der Waals surface area contributed by atoms with E-state index in [-0.39, 0.29) is 29.3 Å². The van der Waals surface area contributed by atoms with Crippen molar-refractivity contribution in [2.24, 2.45) is 13.0 Å². The number of nitrogens with one attached hydrogen (secondary N) is 2. The van der Waals surface area contributed by atoms with E-state index in [1.54, 1.807) is 26.4 Å². The maximum Gasteiger partial charge on any atom is 0.251 e. The van der Waals surface area contributed by atoms with Gasteiger partial charge in [0.1, 0.15) is 5.75 Å². The number of rotatable bonds is 7. The van der Waals surface area contributed by atoms with E-state index >= 15 is 0 Å². The summed E-state index contributed by atoms with van der Waals surface area (Å²) < 4.78 is 6.77. The van der Waals surface area contributed by atoms with Gasteiger partial charge in [0.15, 0.2) is 0 Å². The minimum Gasteiger partial charge on any atom is -0.496 e. The summed E-state index contributed by atoms with van der Waals surface area (Å²) in [6, 6.07) is 10.8. The van der Waals surface area contributed by atoms with Crippen molar-refractivity contribution < 1.29 is 14.3 Å². The molecule has 0 bridgehead atoms. The number of carbonyl (C=O) groups excluding carboxylic acids is 2. The van der Waals surface area contributed by atoms with Crippen LogP contribution in [0.2, 0.25) is 0 Å². The second-order valence-electron chi connectivity index (χ2n) is 7.74. The Morgan fingerprint density at radius 3 is 2.57 bits per heavy atom. The van der Waals surface area contributed by atoms with E-state index < -0.39 is 0 Å². The number of hydrogen-bond acceptors (Lipinski definition) is 4. The Labute approximate surface area is 176 Å². The summed E-state index contributed by atoms with van der Waals surface area (Å²) in [5.41, 5.74) is 1.23. The number of hydrogen-bond donors (Lipinski definition) is 2. The highest BCUT2D eigenvalue weighted by Crippen LogP contribution is 2.25. The number of nitrogens with zero attached hydrogens (tertiary/aromatic N) is 1. The van der Waals surface area contributed by atoms with Crippen molar-refractivity contribution in [3.8, 4) is 5.75 Å². The largest absolute Gasteiger partial charge is 0.496 e. The van der Waals surface area contributed by atoms with Gasteiger partial charge in [-0.05, 0) is 49.8 Å². The Hall–Kier alpha value is -3.09. The number of methoxy groups -OCH3 is 1. The molecule has 1 heterocycles. The van der Waals surface area contributed by atoms with Gasteiger partial charge in [-0.3, -0.25) is 14.4 Å². The van der Waals surface area contributed by atoms with Gasteiger partial charge in [-0.2, -0.15) is 0 Å². The number of benzene rings is 1. The molecule has 0 saturated heterocycles. The molecule has 2 aromatic rings. The number of amides is 2. The van der Waals surface area contributed by atoms with Crippen LogP contribution in [-0.4, -0.2) is 36.1 Å². The zero-order valence-corrected chi connectivity index (χ0v) is 17.5. The quantitative estimate of drug-likeness (QED) is 0.730. The fourth-order valence-electron chi connectivity index (χ4n) is 3.83. The van der Waals surface area contributed by atoms with Crippen LogP contribution in [0.15, 0.2) is 47.4 Å². The minimum absolute atomic E-state index is 0.0270. The molecule has 0 aliphatic heterocycles. The van der Waals surface area contributed by atoms with E-state index in [1.165, 1.54) is 10.6 Å². The lowest BCUT2D eigenvalue weighted by Crippen LogP contribution is -2.41. The zero-order valence-electron chi connectivity index (χ0n) is 17.5. The molecular formula is C23H29N3O4. The molecule has 0 unspecified atom stereocenters. The Morgan fingerprint density at radius 2 is 1.87 bits per heavy atom. The topological polar surface area (TPSA) is 89.4 Å². The van der Waals surface area contributed by atoms with Gasteiger partial charge in [0.25, 0.3) is 11.5 Å². The summed E-state index contributed by atoms with van der Waals surface area (Å²) in [6.45, 7) is 0.568. The van der Waals surface area contributed by atoms with Crippen LogP contribution in [0.3, 0.4) is 0 Å². The maximum atomic E-state index is 12.5. The molecule has 1 aromatic carbocycles. The van der Waals surface area contributed by atoms with Crippen LogP contribution in [0.1, 0.15) is 41.6 Å². The highest BCUT2D eigenvalue weighted by Gasteiger charge is 2.27. The van der Waals surface area contributed by atoms with E-state index in [0.29, 0.717) is 12.1 Å². The van der Waals surface area contributed by atoms with Crippen molar-refractivity contribution in [1.29, 1.82) is 0 Å². The van der Waals surface area contributed by atoms with Crippen molar-refractivity contribution in [3.05, 3.63) is 64.1 Å². The van der Waals surface area contributed by atoms with E-state index in [4.69, 9.17) is 4.74 Å². The highest BCUT2D eigenvalue weighted by atomic mass is 16.5. The van der Waals surface area contributed by atoms with Crippen LogP contribution < -0.4 is 20.9 Å². The number of para-hydroxylation sites is 1. The summed E-state index contributed by atoms with van der Waals surface area (Å²) in [7, 11) is 3.29. The standard InChI is InChI=1S/C23H29N3O4/c1-26-14-12-18(15-21(26)27)23(29)25-19-9-7-17(8-10-19)22(28)24-13-11-16-5-3-4-6-20(16)30-2/h3-6,12,14-15,17,19H,7-11,13H2,1-2H3,(H,24,28)(H,25,29). The molecule has 0 atom stereocenters. The van der Waals surface area contributed by atoms with Crippen LogP contribution >= 0.6 is 0 Å². The van der Waals surface area contributed by atoms with Crippen LogP contribution in [0.25, 0.3) is 0 Å². The fraction of sp³-hybridized carbons (Fsp3) is 0.435. The molecule has 1 saturated carbocycles. The lowest BCUT2D eigenvalue weighted by atomic mass is 9.85. The van der Waals surface area contributed by atoms with Gasteiger partial charge in [0.05, 0.1) is 7.11 Å². The van der Waals surface area contributed by atoms with Crippen LogP contribution in [0.5, 0.6) is 5.75 Å². The van der Waals surface area contributed by atoms with Gasteiger partial charge in [0.2, 0.25) is 5.91 Å². The number of carbonyl (C=O) groups is 2. The molecule has 0 radical (unpaired) electrons. The van der Waals surface area contributed by atoms with Gasteiger partial charge in [0, 0.05) is 43.4 Å². The van der Waals surface area contributed by atoms with Crippen LogP contribution in [0, 0.1) is 5.92 Å². The maximum absolute atomic E-state index is 12.5. The lowest BCUT2D eigenvalue weighted by molar-refractivity contribution is -0.126. The first kappa shape index (κ1) is 21.6. The second-order valence-corrected chi connectivity index (χ2v) is 7.74. The predicted octanol–water partition coefficient (Wildman–Crippen LogP) is 2.04. The average Bonchev–Trinajstić information content (AvgIpc) is 2.76. The monoisotopic (exact) mass is 411 g/mol. The number of pyridine rings is 1. The molecule has 160 valence electrons. The number of ether oxygens (including phenoxy) is 1. The first-order valence-corrected chi connectivity index (χ1v) is 10.3. The molecule has 7 heteroatoms. The summed E-state index contributed by atoms with van der Waals surface area (Å²) in [5.74, 6) is 0.637. The summed E-state index contributed by atoms with van der Waals surface area (Å²) in [5, 5.41) is 6.01. The first-order chi connectivity index (χ1) is 14.5. The molecule has 1 fully saturated rings. The third kappa shape index (κ3) is 5.49. The Kier molecular flexibility index (Phi) is 7.27. The lowest BCUT2D eigenvalue weighted by Gasteiger charge is -2.28. The van der Waals surface area contributed by atoms with Crippen molar-refractivity contribution in [2.75, 3.05) is 13.7 Å². The molecule has 1 aliphatic carbocycles. The van der Waals surface area contributed by atoms with E-state index in [0.717, 1.165) is 43.4 Å². The second kappa shape index (κ2) is 10.1. The van der Waals surface area contributed by atoms with Gasteiger partial charge in [-0.25, -0.2) is 0 Å². The summed E-state index contributed by atoms with van der Waals surface area (Å²) >= 11 is 0. The minimum atomic E-state index is -0.239. The molecule has 0 spiro atoms. The summed E-state index contributed by atoms with van der Waals surface area (Å²) in [4.78, 5) is 36.6. The average molecular weight is 412 g/mol. The normalized spacial score (nSPS) is 18.5. The van der Waals surface area contributed by atoms with Crippen molar-refractivity contribution in [3.63, 3.8) is 0 Å². The van der Waals surface area contributed by atoms with Gasteiger partial charge < -0.3 is 19.9 Å². The SMILES string of the molecule is COc1ccccc1CCNC(=O)C1CCC(NC(=O)c2ccn(C)c(=O)c2)CC1. The molecule has 2 N–H and O–H groups in total. The number of aromatic nitrogens is 1. The van der Waals surface area contributed by atoms with Crippen LogP contribution in [-0.2, 0) is 18.3 Å². The van der Waals surface area contributed by atoms with Crippen LogP contribution in [0.4, 0.5) is 0 Å². The molecule has 30 heavy (non-hydrogen) atoms. The highest BCUT2D eigenvalue weighted by molar-refractivity contribution is 5.94. The van der Waals surface area contributed by atoms with Gasteiger partial charge in [-0.15, -0.1) is 0 Å². The van der Waals surface area contributed by atoms with E-state index in [2.05, 4.69) is 10.6 Å². The third-order valence-corrected chi connectivity index (χ3v) is 5.69. The molecule has 7 nitrogen and oxygen atoms in total. The molecule has 3 rings (SSSR count). The molecule has 2 amide bonds. The Bertz CT molecular complexity index is 945. The zero-order chi connectivity index (χ0) is 21.5. The van der Waals surface area contributed by atoms with E-state index in [1.807, 2.05) is 24.3 Å². The Balaban J connectivity index is 1.42. The first-order valence-electron chi connectivity index (χ1n) is 10.3. The number of aryl methyl sites for hydroxylation is 1. The van der Waals surface area contributed by atoms with Crippen molar-refractivity contribution >= 4 is 11.8 Å². The van der Waals surface area contributed by atoms with E-state index in [9.17, 15) is 14.4 Å². The van der Waals surface area contributed by atoms with Gasteiger partial charge >= 0.3 is 0 Å². The molecular weight excluding hydrogens is 382 g/mol.